The van der Waals surface area contributed by atoms with E-state index in [1.165, 1.54) is 11.8 Å². The van der Waals surface area contributed by atoms with Crippen LogP contribution in [0.5, 0.6) is 0 Å². The molecule has 0 saturated heterocycles. The Morgan fingerprint density at radius 2 is 1.70 bits per heavy atom. The van der Waals surface area contributed by atoms with Crippen LogP contribution in [0, 0.1) is 6.92 Å². The van der Waals surface area contributed by atoms with Crippen LogP contribution in [0.4, 0.5) is 11.4 Å². The maximum absolute atomic E-state index is 12.2. The second kappa shape index (κ2) is 9.52. The summed E-state index contributed by atoms with van der Waals surface area (Å²) in [5.41, 5.74) is 2.78. The van der Waals surface area contributed by atoms with Crippen LogP contribution < -0.4 is 10.2 Å². The quantitative estimate of drug-likeness (QED) is 0.758. The molecule has 0 aliphatic rings. The van der Waals surface area contributed by atoms with Gasteiger partial charge in [0, 0.05) is 31.3 Å². The number of amides is 2. The minimum atomic E-state index is -0.406. The predicted molar refractivity (Wildman–Crippen MR) is 105 cm³/mol. The van der Waals surface area contributed by atoms with E-state index in [1.54, 1.807) is 31.2 Å². The molecule has 142 valence electrons. The first-order valence-corrected chi connectivity index (χ1v) is 8.83. The molecule has 0 fully saturated rings. The minimum absolute atomic E-state index is 0.160. The Balaban J connectivity index is 2.01. The van der Waals surface area contributed by atoms with Gasteiger partial charge in [0.15, 0.2) is 0 Å². The van der Waals surface area contributed by atoms with Gasteiger partial charge in [-0.3, -0.25) is 9.59 Å². The number of nitrogens with zero attached hydrogens (tertiary/aromatic N) is 1. The Labute approximate surface area is 159 Å². The second-order valence-electron chi connectivity index (χ2n) is 6.05. The highest BCUT2D eigenvalue weighted by Crippen LogP contribution is 2.18. The molecule has 2 rings (SSSR count). The lowest BCUT2D eigenvalue weighted by Crippen LogP contribution is -2.32. The van der Waals surface area contributed by atoms with Crippen molar-refractivity contribution >= 4 is 29.2 Å². The molecule has 0 bridgehead atoms. The van der Waals surface area contributed by atoms with Crippen molar-refractivity contribution in [2.45, 2.75) is 27.2 Å². The Kier molecular flexibility index (Phi) is 7.11. The first kappa shape index (κ1) is 20.2. The summed E-state index contributed by atoms with van der Waals surface area (Å²) in [6.07, 6.45) is 0.160. The summed E-state index contributed by atoms with van der Waals surface area (Å²) in [5, 5.41) is 2.86. The van der Waals surface area contributed by atoms with Gasteiger partial charge in [-0.15, -0.1) is 0 Å². The molecule has 6 heteroatoms. The number of aryl methyl sites for hydroxylation is 1. The Hall–Kier alpha value is -3.15. The average molecular weight is 368 g/mol. The molecule has 2 aromatic carbocycles. The molecule has 27 heavy (non-hydrogen) atoms. The van der Waals surface area contributed by atoms with E-state index in [0.29, 0.717) is 17.9 Å². The fraction of sp³-hybridized carbons (Fsp3) is 0.286. The monoisotopic (exact) mass is 368 g/mol. The standard InChI is InChI=1S/C21H24N2O4/c1-4-27-21(26)17-9-11-18(12-10-17)23(16(3)24)14-13-20(25)22-19-8-6-5-7-15(19)2/h5-12H,4,13-14H2,1-3H3,(H,22,25). The minimum Gasteiger partial charge on any atom is -0.462 e. The third-order valence-corrected chi connectivity index (χ3v) is 4.05. The fourth-order valence-electron chi connectivity index (χ4n) is 2.60. The molecular weight excluding hydrogens is 344 g/mol. The normalized spacial score (nSPS) is 10.2. The van der Waals surface area contributed by atoms with E-state index in [1.807, 2.05) is 31.2 Å². The van der Waals surface area contributed by atoms with Crippen molar-refractivity contribution in [1.82, 2.24) is 0 Å². The zero-order valence-corrected chi connectivity index (χ0v) is 15.8. The van der Waals surface area contributed by atoms with Crippen LogP contribution in [0.15, 0.2) is 48.5 Å². The summed E-state index contributed by atoms with van der Waals surface area (Å²) >= 11 is 0. The highest BCUT2D eigenvalue weighted by atomic mass is 16.5. The number of carbonyl (C=O) groups excluding carboxylic acids is 3. The third-order valence-electron chi connectivity index (χ3n) is 4.05. The van der Waals surface area contributed by atoms with Crippen molar-refractivity contribution in [3.05, 3.63) is 59.7 Å². The Morgan fingerprint density at radius 1 is 1.04 bits per heavy atom. The van der Waals surface area contributed by atoms with Crippen LogP contribution >= 0.6 is 0 Å². The highest BCUT2D eigenvalue weighted by Gasteiger charge is 2.15. The molecule has 0 heterocycles. The maximum Gasteiger partial charge on any atom is 0.338 e. The van der Waals surface area contributed by atoms with Crippen molar-refractivity contribution < 1.29 is 19.1 Å². The van der Waals surface area contributed by atoms with Crippen molar-refractivity contribution in [1.29, 1.82) is 0 Å². The summed E-state index contributed by atoms with van der Waals surface area (Å²) < 4.78 is 4.95. The molecule has 0 aliphatic heterocycles. The van der Waals surface area contributed by atoms with E-state index in [9.17, 15) is 14.4 Å². The van der Waals surface area contributed by atoms with Crippen LogP contribution in [-0.2, 0) is 14.3 Å². The lowest BCUT2D eigenvalue weighted by atomic mass is 10.2. The highest BCUT2D eigenvalue weighted by molar-refractivity contribution is 5.96. The molecule has 0 saturated carbocycles. The topological polar surface area (TPSA) is 75.7 Å². The Bertz CT molecular complexity index is 815. The van der Waals surface area contributed by atoms with Gasteiger partial charge in [-0.25, -0.2) is 4.79 Å². The molecule has 2 amide bonds. The number of carbonyl (C=O) groups is 3. The zero-order valence-electron chi connectivity index (χ0n) is 15.8. The number of hydrogen-bond donors (Lipinski definition) is 1. The summed E-state index contributed by atoms with van der Waals surface area (Å²) in [5.74, 6) is -0.752. The third kappa shape index (κ3) is 5.67. The molecule has 1 N–H and O–H groups in total. The molecule has 0 spiro atoms. The zero-order chi connectivity index (χ0) is 19.8. The van der Waals surface area contributed by atoms with Crippen LogP contribution in [-0.4, -0.2) is 30.9 Å². The number of esters is 1. The number of nitrogens with one attached hydrogen (secondary N) is 1. The lowest BCUT2D eigenvalue weighted by Gasteiger charge is -2.21. The van der Waals surface area contributed by atoms with E-state index < -0.39 is 5.97 Å². The molecule has 0 radical (unpaired) electrons. The fourth-order valence-corrected chi connectivity index (χ4v) is 2.60. The van der Waals surface area contributed by atoms with Crippen LogP contribution in [0.3, 0.4) is 0 Å². The van der Waals surface area contributed by atoms with E-state index in [-0.39, 0.29) is 24.8 Å². The van der Waals surface area contributed by atoms with Crippen molar-refractivity contribution in [3.63, 3.8) is 0 Å². The van der Waals surface area contributed by atoms with Gasteiger partial charge in [0.2, 0.25) is 11.8 Å². The number of para-hydroxylation sites is 1. The number of hydrogen-bond acceptors (Lipinski definition) is 4. The van der Waals surface area contributed by atoms with Crippen LogP contribution in [0.2, 0.25) is 0 Å². The first-order valence-electron chi connectivity index (χ1n) is 8.83. The van der Waals surface area contributed by atoms with E-state index in [4.69, 9.17) is 4.74 Å². The second-order valence-corrected chi connectivity index (χ2v) is 6.05. The van der Waals surface area contributed by atoms with Crippen LogP contribution in [0.1, 0.15) is 36.2 Å². The molecule has 0 aromatic heterocycles. The lowest BCUT2D eigenvalue weighted by molar-refractivity contribution is -0.117. The number of rotatable bonds is 7. The smallest absolute Gasteiger partial charge is 0.338 e. The largest absolute Gasteiger partial charge is 0.462 e. The summed E-state index contributed by atoms with van der Waals surface area (Å²) in [6, 6.07) is 14.1. The van der Waals surface area contributed by atoms with E-state index in [2.05, 4.69) is 5.32 Å². The average Bonchev–Trinajstić information content (AvgIpc) is 2.64. The van der Waals surface area contributed by atoms with Gasteiger partial charge in [0.1, 0.15) is 0 Å². The van der Waals surface area contributed by atoms with Crippen LogP contribution in [0.25, 0.3) is 0 Å². The summed E-state index contributed by atoms with van der Waals surface area (Å²) in [6.45, 7) is 5.65. The SMILES string of the molecule is CCOC(=O)c1ccc(N(CCC(=O)Nc2ccccc2C)C(C)=O)cc1. The van der Waals surface area contributed by atoms with Gasteiger partial charge in [-0.05, 0) is 49.7 Å². The number of benzene rings is 2. The van der Waals surface area contributed by atoms with Gasteiger partial charge in [-0.2, -0.15) is 0 Å². The van der Waals surface area contributed by atoms with Gasteiger partial charge >= 0.3 is 5.97 Å². The molecule has 0 atom stereocenters. The molecule has 0 aliphatic carbocycles. The molecule has 6 nitrogen and oxygen atoms in total. The summed E-state index contributed by atoms with van der Waals surface area (Å²) in [7, 11) is 0. The Morgan fingerprint density at radius 3 is 2.30 bits per heavy atom. The predicted octanol–water partition coefficient (Wildman–Crippen LogP) is 3.55. The van der Waals surface area contributed by atoms with Gasteiger partial charge in [0.05, 0.1) is 12.2 Å². The van der Waals surface area contributed by atoms with Gasteiger partial charge in [-0.1, -0.05) is 18.2 Å². The summed E-state index contributed by atoms with van der Waals surface area (Å²) in [4.78, 5) is 37.4. The van der Waals surface area contributed by atoms with Crippen molar-refractivity contribution in [2.75, 3.05) is 23.4 Å². The molecule has 0 unspecified atom stereocenters. The van der Waals surface area contributed by atoms with E-state index in [0.717, 1.165) is 11.3 Å². The molecular formula is C21H24N2O4. The van der Waals surface area contributed by atoms with Crippen molar-refractivity contribution in [3.8, 4) is 0 Å². The number of ether oxygens (including phenoxy) is 1. The number of anilines is 2. The molecule has 2 aromatic rings. The first-order chi connectivity index (χ1) is 12.9. The van der Waals surface area contributed by atoms with Crippen molar-refractivity contribution in [2.24, 2.45) is 0 Å². The van der Waals surface area contributed by atoms with Gasteiger partial charge in [0.25, 0.3) is 0 Å². The maximum atomic E-state index is 12.2. The van der Waals surface area contributed by atoms with E-state index >= 15 is 0 Å². The van der Waals surface area contributed by atoms with Gasteiger partial charge < -0.3 is 15.0 Å².